The average molecular weight is 419 g/mol. The van der Waals surface area contributed by atoms with E-state index < -0.39 is 0 Å². The molecule has 0 fully saturated rings. The van der Waals surface area contributed by atoms with Gasteiger partial charge >= 0.3 is 0 Å². The summed E-state index contributed by atoms with van der Waals surface area (Å²) >= 11 is 12.0. The maximum atomic E-state index is 13.5. The Labute approximate surface area is 174 Å². The smallest absolute Gasteiger partial charge is 0.254 e. The first-order chi connectivity index (χ1) is 13.5. The fourth-order valence-electron chi connectivity index (χ4n) is 3.11. The van der Waals surface area contributed by atoms with Gasteiger partial charge in [0.25, 0.3) is 5.91 Å². The zero-order chi connectivity index (χ0) is 20.1. The molecular weight excluding hydrogens is 398 g/mol. The molecule has 0 saturated heterocycles. The molecule has 0 radical (unpaired) electrons. The van der Waals surface area contributed by atoms with Crippen LogP contribution in [0.5, 0.6) is 0 Å². The molecule has 0 atom stereocenters. The van der Waals surface area contributed by atoms with Crippen LogP contribution in [0, 0.1) is 5.82 Å². The van der Waals surface area contributed by atoms with Crippen molar-refractivity contribution in [2.75, 3.05) is 6.54 Å². The fraction of sp³-hybridized carbons (Fsp3) is 0.227. The van der Waals surface area contributed by atoms with E-state index in [2.05, 4.69) is 0 Å². The Morgan fingerprint density at radius 1 is 1.07 bits per heavy atom. The van der Waals surface area contributed by atoms with Gasteiger partial charge in [-0.05, 0) is 54.4 Å². The maximum Gasteiger partial charge on any atom is 0.254 e. The summed E-state index contributed by atoms with van der Waals surface area (Å²) in [5, 5.41) is 0.780. The van der Waals surface area contributed by atoms with Gasteiger partial charge in [-0.2, -0.15) is 0 Å². The first kappa shape index (κ1) is 20.4. The second-order valence-electron chi connectivity index (χ2n) is 6.61. The second-order valence-corrected chi connectivity index (χ2v) is 7.43. The fourth-order valence-corrected chi connectivity index (χ4v) is 3.41. The number of hydrogen-bond donors (Lipinski definition) is 0. The largest absolute Gasteiger partial charge is 0.345 e. The van der Waals surface area contributed by atoms with Crippen LogP contribution in [0.25, 0.3) is 0 Å². The first-order valence-corrected chi connectivity index (χ1v) is 9.86. The van der Waals surface area contributed by atoms with Gasteiger partial charge in [0, 0.05) is 30.5 Å². The Kier molecular flexibility index (Phi) is 6.76. The molecule has 6 heteroatoms. The van der Waals surface area contributed by atoms with Crippen LogP contribution in [-0.2, 0) is 13.1 Å². The van der Waals surface area contributed by atoms with Gasteiger partial charge in [0.15, 0.2) is 0 Å². The summed E-state index contributed by atoms with van der Waals surface area (Å²) in [4.78, 5) is 14.8. The lowest BCUT2D eigenvalue weighted by molar-refractivity contribution is 0.0739. The highest BCUT2D eigenvalue weighted by Gasteiger charge is 2.18. The molecule has 1 amide bonds. The summed E-state index contributed by atoms with van der Waals surface area (Å²) in [5.41, 5.74) is 2.35. The molecule has 2 aromatic carbocycles. The third-order valence-electron chi connectivity index (χ3n) is 4.47. The molecule has 0 aliphatic carbocycles. The Bertz CT molecular complexity index is 971. The van der Waals surface area contributed by atoms with E-state index in [0.29, 0.717) is 35.2 Å². The lowest BCUT2D eigenvalue weighted by Crippen LogP contribution is -2.32. The van der Waals surface area contributed by atoms with Crippen molar-refractivity contribution in [1.29, 1.82) is 0 Å². The van der Waals surface area contributed by atoms with E-state index in [9.17, 15) is 9.18 Å². The molecular formula is C22H21Cl2FN2O. The number of halogens is 3. The van der Waals surface area contributed by atoms with Crippen LogP contribution < -0.4 is 0 Å². The van der Waals surface area contributed by atoms with E-state index in [-0.39, 0.29) is 11.7 Å². The van der Waals surface area contributed by atoms with Gasteiger partial charge in [-0.25, -0.2) is 4.39 Å². The van der Waals surface area contributed by atoms with Gasteiger partial charge in [-0.1, -0.05) is 42.3 Å². The molecule has 3 nitrogen and oxygen atoms in total. The van der Waals surface area contributed by atoms with Crippen molar-refractivity contribution in [3.05, 3.63) is 93.5 Å². The minimum Gasteiger partial charge on any atom is -0.345 e. The summed E-state index contributed by atoms with van der Waals surface area (Å²) in [6.45, 7) is 3.64. The molecule has 0 N–H and O–H groups in total. The van der Waals surface area contributed by atoms with Crippen LogP contribution in [0.1, 0.15) is 35.0 Å². The Morgan fingerprint density at radius 2 is 1.89 bits per heavy atom. The molecule has 0 aliphatic rings. The highest BCUT2D eigenvalue weighted by molar-refractivity contribution is 6.42. The van der Waals surface area contributed by atoms with Gasteiger partial charge in [0.05, 0.1) is 16.6 Å². The van der Waals surface area contributed by atoms with Crippen LogP contribution >= 0.6 is 23.2 Å². The molecule has 3 rings (SSSR count). The Balaban J connectivity index is 1.80. The van der Waals surface area contributed by atoms with Gasteiger partial charge in [-0.3, -0.25) is 4.79 Å². The monoisotopic (exact) mass is 418 g/mol. The molecule has 3 aromatic rings. The summed E-state index contributed by atoms with van der Waals surface area (Å²) in [6.07, 6.45) is 2.77. The second kappa shape index (κ2) is 9.26. The molecule has 0 aliphatic heterocycles. The van der Waals surface area contributed by atoms with E-state index in [1.165, 1.54) is 12.1 Å². The number of rotatable bonds is 7. The zero-order valence-electron chi connectivity index (χ0n) is 15.5. The molecule has 0 bridgehead atoms. The van der Waals surface area contributed by atoms with Crippen molar-refractivity contribution < 1.29 is 9.18 Å². The molecule has 146 valence electrons. The van der Waals surface area contributed by atoms with E-state index in [0.717, 1.165) is 17.7 Å². The van der Waals surface area contributed by atoms with Crippen molar-refractivity contribution in [1.82, 2.24) is 9.47 Å². The normalized spacial score (nSPS) is 10.9. The molecule has 1 aromatic heterocycles. The van der Waals surface area contributed by atoms with E-state index in [1.54, 1.807) is 29.2 Å². The summed E-state index contributed by atoms with van der Waals surface area (Å²) in [5.74, 6) is -0.354. The minimum absolute atomic E-state index is 0.0982. The van der Waals surface area contributed by atoms with Crippen LogP contribution in [0.15, 0.2) is 60.8 Å². The topological polar surface area (TPSA) is 25.2 Å². The lowest BCUT2D eigenvalue weighted by atomic mass is 10.2. The minimum atomic E-state index is -0.256. The molecule has 0 unspecified atom stereocenters. The number of hydrogen-bond acceptors (Lipinski definition) is 1. The molecule has 0 spiro atoms. The molecule has 28 heavy (non-hydrogen) atoms. The van der Waals surface area contributed by atoms with Crippen molar-refractivity contribution >= 4 is 29.1 Å². The quantitative estimate of drug-likeness (QED) is 0.459. The van der Waals surface area contributed by atoms with Gasteiger partial charge in [-0.15, -0.1) is 0 Å². The highest BCUT2D eigenvalue weighted by Crippen LogP contribution is 2.24. The van der Waals surface area contributed by atoms with Crippen molar-refractivity contribution in [2.24, 2.45) is 0 Å². The molecule has 0 saturated carbocycles. The Hall–Kier alpha value is -2.30. The SMILES string of the molecule is CCCN(Cc1cccn1Cc1cccc(F)c1)C(=O)c1ccc(Cl)c(Cl)c1. The standard InChI is InChI=1S/C22H21Cl2FN2O/c1-2-10-27(22(28)17-8-9-20(23)21(24)13-17)15-19-7-4-11-26(19)14-16-5-3-6-18(25)12-16/h3-9,11-13H,2,10,14-15H2,1H3. The van der Waals surface area contributed by atoms with E-state index in [1.807, 2.05) is 35.9 Å². The number of amides is 1. The van der Waals surface area contributed by atoms with Crippen molar-refractivity contribution in [3.63, 3.8) is 0 Å². The maximum absolute atomic E-state index is 13.5. The molecule has 1 heterocycles. The van der Waals surface area contributed by atoms with Gasteiger partial charge in [0.2, 0.25) is 0 Å². The predicted molar refractivity (Wildman–Crippen MR) is 111 cm³/mol. The third-order valence-corrected chi connectivity index (χ3v) is 5.20. The van der Waals surface area contributed by atoms with Crippen LogP contribution in [-0.4, -0.2) is 21.9 Å². The lowest BCUT2D eigenvalue weighted by Gasteiger charge is -2.23. The highest BCUT2D eigenvalue weighted by atomic mass is 35.5. The number of carbonyl (C=O) groups excluding carboxylic acids is 1. The van der Waals surface area contributed by atoms with E-state index in [4.69, 9.17) is 23.2 Å². The zero-order valence-corrected chi connectivity index (χ0v) is 17.1. The van der Waals surface area contributed by atoms with Crippen LogP contribution in [0.4, 0.5) is 4.39 Å². The summed E-state index contributed by atoms with van der Waals surface area (Å²) in [7, 11) is 0. The Morgan fingerprint density at radius 3 is 2.61 bits per heavy atom. The first-order valence-electron chi connectivity index (χ1n) is 9.10. The van der Waals surface area contributed by atoms with Crippen LogP contribution in [0.2, 0.25) is 10.0 Å². The van der Waals surface area contributed by atoms with Crippen LogP contribution in [0.3, 0.4) is 0 Å². The predicted octanol–water partition coefficient (Wildman–Crippen LogP) is 6.03. The average Bonchev–Trinajstić information content (AvgIpc) is 3.10. The van der Waals surface area contributed by atoms with Gasteiger partial charge in [0.1, 0.15) is 5.82 Å². The van der Waals surface area contributed by atoms with Crippen molar-refractivity contribution in [3.8, 4) is 0 Å². The third kappa shape index (κ3) is 4.94. The number of benzene rings is 2. The number of aromatic nitrogens is 1. The number of nitrogens with zero attached hydrogens (tertiary/aromatic N) is 2. The van der Waals surface area contributed by atoms with E-state index >= 15 is 0 Å². The van der Waals surface area contributed by atoms with Crippen molar-refractivity contribution in [2.45, 2.75) is 26.4 Å². The number of carbonyl (C=O) groups is 1. The summed E-state index contributed by atoms with van der Waals surface area (Å²) in [6, 6.07) is 15.4. The summed E-state index contributed by atoms with van der Waals surface area (Å²) < 4.78 is 15.5. The van der Waals surface area contributed by atoms with Gasteiger partial charge < -0.3 is 9.47 Å².